The molecule has 0 bridgehead atoms. The molecule has 0 amide bonds. The predicted molar refractivity (Wildman–Crippen MR) is 116 cm³/mol. The first kappa shape index (κ1) is 20.3. The summed E-state index contributed by atoms with van der Waals surface area (Å²) in [6, 6.07) is 7.38. The molecule has 0 aliphatic carbocycles. The molecule has 2 N–H and O–H groups in total. The Morgan fingerprint density at radius 2 is 1.90 bits per heavy atom. The highest BCUT2D eigenvalue weighted by Gasteiger charge is 2.23. The van der Waals surface area contributed by atoms with Crippen molar-refractivity contribution in [1.82, 2.24) is 15.0 Å². The summed E-state index contributed by atoms with van der Waals surface area (Å²) in [6.07, 6.45) is 5.97. The first-order chi connectivity index (χ1) is 14.3. The maximum absolute atomic E-state index is 13.2. The van der Waals surface area contributed by atoms with Crippen LogP contribution in [-0.4, -0.2) is 29.2 Å². The smallest absolute Gasteiger partial charge is 0.261 e. The number of sulfonamides is 1. The summed E-state index contributed by atoms with van der Waals surface area (Å²) < 4.78 is 28.2. The number of nitrogens with zero attached hydrogens (tertiary/aromatic N) is 2. The van der Waals surface area contributed by atoms with E-state index in [-0.39, 0.29) is 26.9 Å². The van der Waals surface area contributed by atoms with Gasteiger partial charge in [0.2, 0.25) is 5.78 Å². The number of aryl methyl sites for hydroxylation is 1. The number of carbonyl (C=O) groups excluding carboxylic acids is 1. The summed E-state index contributed by atoms with van der Waals surface area (Å²) >= 11 is 12.0. The number of carbonyl (C=O) groups is 1. The van der Waals surface area contributed by atoms with E-state index >= 15 is 0 Å². The second kappa shape index (κ2) is 7.71. The van der Waals surface area contributed by atoms with E-state index in [1.54, 1.807) is 25.4 Å². The molecule has 1 aromatic carbocycles. The molecule has 3 aromatic heterocycles. The summed E-state index contributed by atoms with van der Waals surface area (Å²) in [4.78, 5) is 24.3. The van der Waals surface area contributed by atoms with Crippen molar-refractivity contribution in [3.05, 3.63) is 82.0 Å². The minimum atomic E-state index is -4.02. The number of ketones is 1. The number of aromatic nitrogens is 3. The van der Waals surface area contributed by atoms with Crippen LogP contribution in [0, 0.1) is 6.92 Å². The number of rotatable bonds is 5. The van der Waals surface area contributed by atoms with Gasteiger partial charge in [0.1, 0.15) is 5.69 Å². The molecule has 0 atom stereocenters. The number of H-pyrrole nitrogens is 1. The highest BCUT2D eigenvalue weighted by molar-refractivity contribution is 7.92. The van der Waals surface area contributed by atoms with Gasteiger partial charge in [-0.3, -0.25) is 14.5 Å². The number of pyridine rings is 2. The molecule has 30 heavy (non-hydrogen) atoms. The van der Waals surface area contributed by atoms with Crippen LogP contribution < -0.4 is 4.72 Å². The number of fused-ring (bicyclic) bond motifs is 1. The molecule has 3 heterocycles. The quantitative estimate of drug-likeness (QED) is 0.423. The third kappa shape index (κ3) is 3.77. The lowest BCUT2D eigenvalue weighted by Crippen LogP contribution is -2.17. The lowest BCUT2D eigenvalue weighted by Gasteiger charge is -2.13. The highest BCUT2D eigenvalue weighted by Crippen LogP contribution is 2.27. The topological polar surface area (TPSA) is 105 Å². The van der Waals surface area contributed by atoms with E-state index in [9.17, 15) is 13.2 Å². The van der Waals surface area contributed by atoms with Crippen molar-refractivity contribution in [3.8, 4) is 0 Å². The van der Waals surface area contributed by atoms with E-state index in [0.717, 1.165) is 0 Å². The fourth-order valence-corrected chi connectivity index (χ4v) is 4.39. The molecule has 4 rings (SSSR count). The normalized spacial score (nSPS) is 11.6. The van der Waals surface area contributed by atoms with Gasteiger partial charge in [0.25, 0.3) is 10.0 Å². The number of benzene rings is 1. The van der Waals surface area contributed by atoms with Gasteiger partial charge in [-0.15, -0.1) is 0 Å². The number of aromatic amines is 1. The predicted octanol–water partition coefficient (Wildman–Crippen LogP) is 4.60. The molecule has 0 aliphatic rings. The van der Waals surface area contributed by atoms with Crippen molar-refractivity contribution in [2.45, 2.75) is 11.8 Å². The molecule has 0 aliphatic heterocycles. The van der Waals surface area contributed by atoms with E-state index in [4.69, 9.17) is 23.2 Å². The van der Waals surface area contributed by atoms with Crippen LogP contribution >= 0.6 is 23.2 Å². The minimum absolute atomic E-state index is 0.00261. The van der Waals surface area contributed by atoms with E-state index in [1.807, 2.05) is 0 Å². The van der Waals surface area contributed by atoms with E-state index < -0.39 is 15.8 Å². The molecule has 152 valence electrons. The van der Waals surface area contributed by atoms with Crippen molar-refractivity contribution < 1.29 is 13.2 Å². The van der Waals surface area contributed by atoms with Gasteiger partial charge in [-0.1, -0.05) is 23.2 Å². The molecule has 4 aromatic rings. The number of anilines is 1. The molecule has 7 nitrogen and oxygen atoms in total. The number of halogens is 2. The average Bonchev–Trinajstić information content (AvgIpc) is 3.18. The van der Waals surface area contributed by atoms with E-state index in [2.05, 4.69) is 19.7 Å². The van der Waals surface area contributed by atoms with Crippen LogP contribution in [0.25, 0.3) is 10.9 Å². The average molecular weight is 461 g/mol. The largest absolute Gasteiger partial charge is 0.360 e. The van der Waals surface area contributed by atoms with Crippen LogP contribution in [-0.2, 0) is 10.0 Å². The van der Waals surface area contributed by atoms with Crippen molar-refractivity contribution in [2.24, 2.45) is 0 Å². The highest BCUT2D eigenvalue weighted by atomic mass is 35.5. The molecule has 0 spiro atoms. The molecule has 0 radical (unpaired) electrons. The van der Waals surface area contributed by atoms with Crippen LogP contribution in [0.15, 0.2) is 60.0 Å². The van der Waals surface area contributed by atoms with Gasteiger partial charge in [0.05, 0.1) is 32.9 Å². The number of nitrogens with one attached hydrogen (secondary N) is 2. The van der Waals surface area contributed by atoms with Gasteiger partial charge in [-0.2, -0.15) is 0 Å². The van der Waals surface area contributed by atoms with Crippen LogP contribution in [0.4, 0.5) is 5.69 Å². The maximum atomic E-state index is 13.2. The molecule has 0 saturated carbocycles. The Morgan fingerprint density at radius 1 is 1.10 bits per heavy atom. The fourth-order valence-electron chi connectivity index (χ4n) is 2.97. The summed E-state index contributed by atoms with van der Waals surface area (Å²) in [7, 11) is -4.02. The lowest BCUT2D eigenvalue weighted by molar-refractivity contribution is 0.103. The van der Waals surface area contributed by atoms with E-state index in [0.29, 0.717) is 21.5 Å². The van der Waals surface area contributed by atoms with Crippen molar-refractivity contribution in [3.63, 3.8) is 0 Å². The standard InChI is InChI=1S/C20H14Cl2N4O3S/c1-11-6-13(2-3-16(11)22)30(28,29)26-17-7-12(21)8-25-19(17)20(27)15-9-23-10-18-14(15)4-5-24-18/h2-10,24,26H,1H3. The molecular weight excluding hydrogens is 447 g/mol. The summed E-state index contributed by atoms with van der Waals surface area (Å²) in [5.41, 5.74) is 1.43. The van der Waals surface area contributed by atoms with Crippen LogP contribution in [0.3, 0.4) is 0 Å². The first-order valence-corrected chi connectivity index (χ1v) is 10.9. The first-order valence-electron chi connectivity index (χ1n) is 8.66. The lowest BCUT2D eigenvalue weighted by atomic mass is 10.1. The third-order valence-corrected chi connectivity index (χ3v) is 6.47. The Morgan fingerprint density at radius 3 is 2.67 bits per heavy atom. The van der Waals surface area contributed by atoms with Gasteiger partial charge in [0.15, 0.2) is 0 Å². The Bertz CT molecular complexity index is 1400. The summed E-state index contributed by atoms with van der Waals surface area (Å²) in [6.45, 7) is 1.70. The molecule has 10 heteroatoms. The third-order valence-electron chi connectivity index (χ3n) is 4.47. The van der Waals surface area contributed by atoms with Gasteiger partial charge >= 0.3 is 0 Å². The molecule has 0 saturated heterocycles. The molecule has 0 unspecified atom stereocenters. The maximum Gasteiger partial charge on any atom is 0.261 e. The zero-order chi connectivity index (χ0) is 21.5. The molecular formula is C20H14Cl2N4O3S. The summed E-state index contributed by atoms with van der Waals surface area (Å²) in [5.74, 6) is -0.491. The zero-order valence-electron chi connectivity index (χ0n) is 15.5. The summed E-state index contributed by atoms with van der Waals surface area (Å²) in [5, 5.41) is 1.27. The van der Waals surface area contributed by atoms with Gasteiger partial charge in [-0.25, -0.2) is 13.4 Å². The number of hydrogen-bond donors (Lipinski definition) is 2. The fraction of sp³-hybridized carbons (Fsp3) is 0.0500. The Labute approximate surface area is 182 Å². The minimum Gasteiger partial charge on any atom is -0.360 e. The van der Waals surface area contributed by atoms with Crippen molar-refractivity contribution in [1.29, 1.82) is 0 Å². The Hall–Kier alpha value is -2.94. The second-order valence-electron chi connectivity index (χ2n) is 6.52. The monoisotopic (exact) mass is 460 g/mol. The van der Waals surface area contributed by atoms with Crippen LogP contribution in [0.5, 0.6) is 0 Å². The van der Waals surface area contributed by atoms with Gasteiger partial charge in [-0.05, 0) is 42.8 Å². The van der Waals surface area contributed by atoms with Crippen molar-refractivity contribution >= 4 is 55.6 Å². The second-order valence-corrected chi connectivity index (χ2v) is 9.05. The van der Waals surface area contributed by atoms with Crippen LogP contribution in [0.1, 0.15) is 21.6 Å². The zero-order valence-corrected chi connectivity index (χ0v) is 17.8. The van der Waals surface area contributed by atoms with Crippen LogP contribution in [0.2, 0.25) is 10.0 Å². The van der Waals surface area contributed by atoms with E-state index in [1.165, 1.54) is 36.7 Å². The van der Waals surface area contributed by atoms with Gasteiger partial charge < -0.3 is 4.98 Å². The number of hydrogen-bond acceptors (Lipinski definition) is 5. The van der Waals surface area contributed by atoms with Crippen molar-refractivity contribution in [2.75, 3.05) is 4.72 Å². The Balaban J connectivity index is 1.78. The SMILES string of the molecule is Cc1cc(S(=O)(=O)Nc2cc(Cl)cnc2C(=O)c2cncc3[nH]ccc23)ccc1Cl. The Kier molecular flexibility index (Phi) is 5.23. The molecule has 0 fully saturated rings. The van der Waals surface area contributed by atoms with Gasteiger partial charge in [0, 0.05) is 29.0 Å².